The number of aldehydes is 1. The third kappa shape index (κ3) is 15.1. The Morgan fingerprint density at radius 3 is 1.99 bits per heavy atom. The van der Waals surface area contributed by atoms with Crippen LogP contribution in [-0.4, -0.2) is 257 Å². The lowest BCUT2D eigenvalue weighted by Crippen LogP contribution is -2.70. The van der Waals surface area contributed by atoms with E-state index >= 15 is 4.79 Å². The summed E-state index contributed by atoms with van der Waals surface area (Å²) in [6, 6.07) is 7.38. The van der Waals surface area contributed by atoms with Gasteiger partial charge >= 0.3 is 23.9 Å². The molecule has 10 aliphatic rings. The van der Waals surface area contributed by atoms with Gasteiger partial charge in [0.15, 0.2) is 30.9 Å². The van der Waals surface area contributed by atoms with Crippen molar-refractivity contribution in [3.63, 3.8) is 0 Å². The Labute approximate surface area is 612 Å². The third-order valence-corrected chi connectivity index (χ3v) is 27.3. The molecule has 1 aromatic rings. The topological polar surface area (TPSA) is 441 Å². The van der Waals surface area contributed by atoms with E-state index in [9.17, 15) is 85.6 Å². The lowest BCUT2D eigenvalue weighted by Gasteiger charge is -2.72. The summed E-state index contributed by atoms with van der Waals surface area (Å²) in [4.78, 5) is 69.6. The SMILES string of the molecule is CC(=O)OC1C(OC(=O)/C=C\c2ccc(C)cc2)C(C)OC(OC(=O)[C@]23CCC(C)(C)C[C@H]2C2C=C[C@@H]4[C@@]5(C)CC[C@H](OC6CC(C(C)CCC(=O)O)C(O)C(OC7OCC(O)C(O)C7O)C6OC6OC(CO)C(O)C(O)C6O)[C@@](C)(C=O)[C@@H]5CC[C@@]4(C)[C@]2(C)C[C@H]3O)C1OC1CC(C)C(O)C(O)C1O. The van der Waals surface area contributed by atoms with Crippen LogP contribution >= 0.6 is 0 Å². The van der Waals surface area contributed by atoms with Gasteiger partial charge < -0.3 is 119 Å². The number of rotatable bonds is 20. The number of aryl methyl sites for hydroxylation is 1. The molecule has 0 aromatic heterocycles. The monoisotopic (exact) mass is 1490 g/mol. The first-order valence-electron chi connectivity index (χ1n) is 37.6. The zero-order valence-electron chi connectivity index (χ0n) is 61.9. The fourth-order valence-corrected chi connectivity index (χ4v) is 20.9. The van der Waals surface area contributed by atoms with Crippen molar-refractivity contribution in [2.24, 2.45) is 73.9 Å². The molecule has 105 heavy (non-hydrogen) atoms. The molecule has 28 nitrogen and oxygen atoms in total. The Hall–Kier alpha value is -4.51. The molecule has 6 saturated carbocycles. The van der Waals surface area contributed by atoms with Crippen LogP contribution < -0.4 is 0 Å². The first-order chi connectivity index (χ1) is 49.3. The third-order valence-electron chi connectivity index (χ3n) is 27.3. The molecule has 9 fully saturated rings. The van der Waals surface area contributed by atoms with E-state index in [0.717, 1.165) is 18.8 Å². The summed E-state index contributed by atoms with van der Waals surface area (Å²) in [5.74, 6) is -7.18. The number of aliphatic hydroxyl groups is 12. The molecule has 3 saturated heterocycles. The highest BCUT2D eigenvalue weighted by molar-refractivity contribution is 5.87. The lowest BCUT2D eigenvalue weighted by molar-refractivity contribution is -0.359. The smallest absolute Gasteiger partial charge is 0.331 e. The van der Waals surface area contributed by atoms with E-state index in [1.165, 1.54) is 6.08 Å². The van der Waals surface area contributed by atoms with Gasteiger partial charge in [-0.25, -0.2) is 4.79 Å². The summed E-state index contributed by atoms with van der Waals surface area (Å²) in [6.07, 6.45) is -26.7. The van der Waals surface area contributed by atoms with E-state index in [2.05, 4.69) is 46.8 Å². The average Bonchev–Trinajstić information content (AvgIpc) is 0.670. The minimum absolute atomic E-state index is 0.0170. The van der Waals surface area contributed by atoms with Gasteiger partial charge in [0.2, 0.25) is 6.29 Å². The zero-order chi connectivity index (χ0) is 76.7. The number of aliphatic hydroxyl groups excluding tert-OH is 12. The highest BCUT2D eigenvalue weighted by Crippen LogP contribution is 2.76. The van der Waals surface area contributed by atoms with Crippen molar-refractivity contribution in [2.75, 3.05) is 13.2 Å². The van der Waals surface area contributed by atoms with Gasteiger partial charge in [-0.05, 0) is 159 Å². The molecule has 11 rings (SSSR count). The van der Waals surface area contributed by atoms with Crippen molar-refractivity contribution in [3.05, 3.63) is 53.6 Å². The van der Waals surface area contributed by atoms with Crippen LogP contribution in [0.25, 0.3) is 6.08 Å². The van der Waals surface area contributed by atoms with Crippen LogP contribution in [-0.2, 0) is 71.3 Å². The number of carboxylic acid groups (broad SMARTS) is 1. The number of benzene rings is 1. The van der Waals surface area contributed by atoms with E-state index < -0.39 is 241 Å². The van der Waals surface area contributed by atoms with Crippen LogP contribution in [0.3, 0.4) is 0 Å². The van der Waals surface area contributed by atoms with Gasteiger partial charge in [0.05, 0.1) is 66.8 Å². The molecule has 1 aromatic carbocycles. The predicted molar refractivity (Wildman–Crippen MR) is 367 cm³/mol. The highest BCUT2D eigenvalue weighted by atomic mass is 16.8. The van der Waals surface area contributed by atoms with Crippen LogP contribution in [0.1, 0.15) is 157 Å². The van der Waals surface area contributed by atoms with Gasteiger partial charge in [-0.1, -0.05) is 97.4 Å². The Kier molecular flexibility index (Phi) is 24.3. The molecule has 590 valence electrons. The number of aliphatic carboxylic acids is 1. The Morgan fingerprint density at radius 1 is 0.648 bits per heavy atom. The summed E-state index contributed by atoms with van der Waals surface area (Å²) < 4.78 is 63.7. The van der Waals surface area contributed by atoms with E-state index in [0.29, 0.717) is 37.7 Å². The van der Waals surface area contributed by atoms with Gasteiger partial charge in [0.25, 0.3) is 0 Å². The fourth-order valence-electron chi connectivity index (χ4n) is 20.9. The number of ether oxygens (including phenoxy) is 10. The largest absolute Gasteiger partial charge is 0.481 e. The molecule has 7 aliphatic carbocycles. The zero-order valence-corrected chi connectivity index (χ0v) is 61.9. The number of hydrogen-bond donors (Lipinski definition) is 13. The van der Waals surface area contributed by atoms with Gasteiger partial charge in [0.1, 0.15) is 73.4 Å². The van der Waals surface area contributed by atoms with Gasteiger partial charge in [-0.15, -0.1) is 0 Å². The summed E-state index contributed by atoms with van der Waals surface area (Å²) in [5, 5.41) is 145. The molecule has 0 bridgehead atoms. The Balaban J connectivity index is 0.902. The molecule has 26 unspecified atom stereocenters. The summed E-state index contributed by atoms with van der Waals surface area (Å²) in [5.41, 5.74) is -3.54. The van der Waals surface area contributed by atoms with Crippen molar-refractivity contribution in [1.82, 2.24) is 0 Å². The molecular formula is C77H114O28. The summed E-state index contributed by atoms with van der Waals surface area (Å²) in [6.45, 7) is 19.4. The second-order valence-electron chi connectivity index (χ2n) is 34.3. The highest BCUT2D eigenvalue weighted by Gasteiger charge is 2.74. The number of esters is 3. The van der Waals surface area contributed by atoms with Crippen molar-refractivity contribution in [1.29, 1.82) is 0 Å². The molecule has 3 aliphatic heterocycles. The van der Waals surface area contributed by atoms with Crippen molar-refractivity contribution in [2.45, 2.75) is 300 Å². The fraction of sp³-hybridized carbons (Fsp3) is 0.805. The molecular weight excluding hydrogens is 1370 g/mol. The van der Waals surface area contributed by atoms with Gasteiger partial charge in [-0.3, -0.25) is 14.4 Å². The molecule has 13 N–H and O–H groups in total. The van der Waals surface area contributed by atoms with Gasteiger partial charge in [0, 0.05) is 19.4 Å². The molecule has 0 amide bonds. The maximum atomic E-state index is 16.1. The van der Waals surface area contributed by atoms with Crippen LogP contribution in [0.4, 0.5) is 0 Å². The maximum Gasteiger partial charge on any atom is 0.331 e. The number of allylic oxidation sites excluding steroid dienone is 2. The molecule has 0 spiro atoms. The van der Waals surface area contributed by atoms with Crippen molar-refractivity contribution >= 4 is 36.2 Å². The number of fused-ring (bicyclic) bond motifs is 7. The number of carbonyl (C=O) groups excluding carboxylic acids is 4. The quantitative estimate of drug-likeness (QED) is 0.0293. The standard InChI is InChI=1S/C77H114O28/c1-35-12-15-40(16-13-35)17-21-53(85)102-63-38(4)97-70(67(66(63)98-39(5)80)100-45-28-37(3)54(86)59(91)57(45)89)105-71(95)77-27-26-72(6,7)30-43(77)42-18-19-49-73(8)24-23-51(74(9,34-79)48(73)22-25-75(49,10)76(42,11)31-50(77)82)99-46-29-41(36(2)14-20-52(83)84)55(87)65(104-68-61(93)56(88)44(81)33-96-68)64(46)103-69-62(94)60(92)58(90)47(32-78)101-69/h12-13,15-19,21,34,36-38,41-51,54-70,78,81-82,86-94H,14,20,22-33H2,1-11H3,(H,83,84)/b21-17-/t36?,37?,38?,41?,42?,43-,44?,45?,46?,47?,48+,49+,50+,51-,54?,55?,56?,57?,58?,59?,60?,61?,62?,63?,64?,65?,66?,67?,68?,69?,70?,73-,74-,75+,76+,77+/m0/s1. The van der Waals surface area contributed by atoms with Crippen LogP contribution in [0.5, 0.6) is 0 Å². The van der Waals surface area contributed by atoms with E-state index in [-0.39, 0.29) is 62.2 Å². The van der Waals surface area contributed by atoms with Crippen molar-refractivity contribution in [3.8, 4) is 0 Å². The van der Waals surface area contributed by atoms with E-state index in [1.54, 1.807) is 26.8 Å². The summed E-state index contributed by atoms with van der Waals surface area (Å²) >= 11 is 0. The number of carboxylic acids is 1. The predicted octanol–water partition coefficient (Wildman–Crippen LogP) is 2.47. The summed E-state index contributed by atoms with van der Waals surface area (Å²) in [7, 11) is 0. The van der Waals surface area contributed by atoms with E-state index in [4.69, 9.17) is 47.4 Å². The average molecular weight is 1490 g/mol. The second kappa shape index (κ2) is 31.3. The minimum Gasteiger partial charge on any atom is -0.481 e. The maximum absolute atomic E-state index is 16.1. The van der Waals surface area contributed by atoms with E-state index in [1.807, 2.05) is 38.1 Å². The lowest BCUT2D eigenvalue weighted by atomic mass is 9.32. The second-order valence-corrected chi connectivity index (χ2v) is 34.3. The van der Waals surface area contributed by atoms with Crippen LogP contribution in [0.15, 0.2) is 42.5 Å². The van der Waals surface area contributed by atoms with Crippen LogP contribution in [0, 0.1) is 80.8 Å². The Bertz CT molecular complexity index is 3290. The van der Waals surface area contributed by atoms with Crippen molar-refractivity contribution < 1.29 is 138 Å². The first-order valence-corrected chi connectivity index (χ1v) is 37.6. The van der Waals surface area contributed by atoms with Gasteiger partial charge in [-0.2, -0.15) is 0 Å². The number of hydrogen-bond acceptors (Lipinski definition) is 27. The first kappa shape index (κ1) is 81.5. The molecule has 0 radical (unpaired) electrons. The molecule has 36 atom stereocenters. The molecule has 28 heteroatoms. The minimum atomic E-state index is -1.97. The number of carbonyl (C=O) groups is 5. The van der Waals surface area contributed by atoms with Crippen LogP contribution in [0.2, 0.25) is 0 Å². The Morgan fingerprint density at radius 2 is 1.32 bits per heavy atom. The normalized spacial score (nSPS) is 48.4. The molecule has 3 heterocycles.